The van der Waals surface area contributed by atoms with Gasteiger partial charge in [0, 0.05) is 24.8 Å². The Morgan fingerprint density at radius 2 is 2.32 bits per heavy atom. The summed E-state index contributed by atoms with van der Waals surface area (Å²) in [6.07, 6.45) is 2.22. The molecule has 1 aromatic rings. The van der Waals surface area contributed by atoms with E-state index in [1.54, 1.807) is 0 Å². The molecule has 102 valence electrons. The highest BCUT2D eigenvalue weighted by atomic mass is 16.5. The lowest BCUT2D eigenvalue weighted by molar-refractivity contribution is 0.0689. The molecule has 1 amide bonds. The number of nitrogens with zero attached hydrogens (tertiary/aromatic N) is 1. The molecule has 6 heteroatoms. The second-order valence-corrected chi connectivity index (χ2v) is 4.62. The van der Waals surface area contributed by atoms with Gasteiger partial charge in [0.1, 0.15) is 5.69 Å². The van der Waals surface area contributed by atoms with Crippen LogP contribution in [0, 0.1) is 5.92 Å². The summed E-state index contributed by atoms with van der Waals surface area (Å²) in [6, 6.07) is 2.80. The molecule has 1 aromatic heterocycles. The van der Waals surface area contributed by atoms with Gasteiger partial charge in [-0.05, 0) is 25.5 Å². The first-order valence-corrected chi connectivity index (χ1v) is 6.16. The average molecular weight is 264 g/mol. The number of pyridine rings is 1. The third-order valence-corrected chi connectivity index (χ3v) is 3.28. The molecular formula is C13H16N2O4. The van der Waals surface area contributed by atoms with Gasteiger partial charge < -0.3 is 15.2 Å². The van der Waals surface area contributed by atoms with Crippen molar-refractivity contribution in [1.82, 2.24) is 10.3 Å². The molecule has 1 aliphatic rings. The maximum atomic E-state index is 12.0. The summed E-state index contributed by atoms with van der Waals surface area (Å²) >= 11 is 0. The van der Waals surface area contributed by atoms with Gasteiger partial charge in [-0.3, -0.25) is 4.79 Å². The SMILES string of the molecule is CC(NC(=O)c1ccc(C(=O)O)nc1)C1CCOC1. The third-order valence-electron chi connectivity index (χ3n) is 3.28. The number of aromatic carboxylic acids is 1. The summed E-state index contributed by atoms with van der Waals surface area (Å²) in [4.78, 5) is 26.3. The molecule has 19 heavy (non-hydrogen) atoms. The molecule has 0 saturated carbocycles. The maximum Gasteiger partial charge on any atom is 0.354 e. The quantitative estimate of drug-likeness (QED) is 0.844. The Morgan fingerprint density at radius 3 is 2.84 bits per heavy atom. The van der Waals surface area contributed by atoms with Gasteiger partial charge in [-0.1, -0.05) is 0 Å². The molecule has 2 heterocycles. The number of carbonyl (C=O) groups is 2. The molecule has 2 unspecified atom stereocenters. The maximum absolute atomic E-state index is 12.0. The highest BCUT2D eigenvalue weighted by Gasteiger charge is 2.24. The van der Waals surface area contributed by atoms with E-state index in [1.165, 1.54) is 18.3 Å². The lowest BCUT2D eigenvalue weighted by atomic mass is 10.0. The monoisotopic (exact) mass is 264 g/mol. The van der Waals surface area contributed by atoms with Gasteiger partial charge in [0.2, 0.25) is 0 Å². The highest BCUT2D eigenvalue weighted by Crippen LogP contribution is 2.16. The van der Waals surface area contributed by atoms with Gasteiger partial charge in [-0.2, -0.15) is 0 Å². The second-order valence-electron chi connectivity index (χ2n) is 4.62. The van der Waals surface area contributed by atoms with Crippen molar-refractivity contribution in [2.75, 3.05) is 13.2 Å². The van der Waals surface area contributed by atoms with E-state index in [0.29, 0.717) is 18.1 Å². The van der Waals surface area contributed by atoms with Gasteiger partial charge in [-0.15, -0.1) is 0 Å². The summed E-state index contributed by atoms with van der Waals surface area (Å²) in [5.74, 6) is -1.03. The van der Waals surface area contributed by atoms with Crippen molar-refractivity contribution >= 4 is 11.9 Å². The number of ether oxygens (including phenoxy) is 1. The van der Waals surface area contributed by atoms with E-state index < -0.39 is 5.97 Å². The number of rotatable bonds is 4. The fourth-order valence-corrected chi connectivity index (χ4v) is 2.01. The first kappa shape index (κ1) is 13.5. The summed E-state index contributed by atoms with van der Waals surface area (Å²) in [6.45, 7) is 3.34. The summed E-state index contributed by atoms with van der Waals surface area (Å²) in [7, 11) is 0. The van der Waals surface area contributed by atoms with Crippen molar-refractivity contribution in [2.24, 2.45) is 5.92 Å². The lowest BCUT2D eigenvalue weighted by Crippen LogP contribution is -2.38. The first-order valence-electron chi connectivity index (χ1n) is 6.16. The zero-order chi connectivity index (χ0) is 13.8. The third kappa shape index (κ3) is 3.29. The molecular weight excluding hydrogens is 248 g/mol. The molecule has 0 bridgehead atoms. The fraction of sp³-hybridized carbons (Fsp3) is 0.462. The van der Waals surface area contributed by atoms with E-state index in [9.17, 15) is 9.59 Å². The smallest absolute Gasteiger partial charge is 0.354 e. The number of nitrogens with one attached hydrogen (secondary N) is 1. The van der Waals surface area contributed by atoms with Crippen molar-refractivity contribution in [3.05, 3.63) is 29.6 Å². The van der Waals surface area contributed by atoms with Crippen molar-refractivity contribution in [2.45, 2.75) is 19.4 Å². The highest BCUT2D eigenvalue weighted by molar-refractivity contribution is 5.95. The van der Waals surface area contributed by atoms with Crippen LogP contribution < -0.4 is 5.32 Å². The largest absolute Gasteiger partial charge is 0.477 e. The first-order chi connectivity index (χ1) is 9.08. The Bertz CT molecular complexity index is 466. The Hall–Kier alpha value is -1.95. The molecule has 2 N–H and O–H groups in total. The van der Waals surface area contributed by atoms with Crippen LogP contribution in [0.2, 0.25) is 0 Å². The van der Waals surface area contributed by atoms with Gasteiger partial charge in [-0.25, -0.2) is 9.78 Å². The zero-order valence-electron chi connectivity index (χ0n) is 10.6. The van der Waals surface area contributed by atoms with Crippen LogP contribution in [0.4, 0.5) is 0 Å². The van der Waals surface area contributed by atoms with Crippen LogP contribution >= 0.6 is 0 Å². The molecule has 1 saturated heterocycles. The number of hydrogen-bond donors (Lipinski definition) is 2. The minimum Gasteiger partial charge on any atom is -0.477 e. The van der Waals surface area contributed by atoms with E-state index in [4.69, 9.17) is 9.84 Å². The van der Waals surface area contributed by atoms with Crippen LogP contribution in [-0.2, 0) is 4.74 Å². The Kier molecular flexibility index (Phi) is 4.11. The predicted octanol–water partition coefficient (Wildman–Crippen LogP) is 0.935. The number of hydrogen-bond acceptors (Lipinski definition) is 4. The van der Waals surface area contributed by atoms with Crippen LogP contribution in [0.5, 0.6) is 0 Å². The molecule has 1 aliphatic heterocycles. The summed E-state index contributed by atoms with van der Waals surface area (Å²) in [5.41, 5.74) is 0.282. The van der Waals surface area contributed by atoms with Crippen LogP contribution in [0.15, 0.2) is 18.3 Å². The Morgan fingerprint density at radius 1 is 1.53 bits per heavy atom. The minimum absolute atomic E-state index is 0.0224. The number of aromatic nitrogens is 1. The van der Waals surface area contributed by atoms with Crippen LogP contribution in [0.3, 0.4) is 0 Å². The van der Waals surface area contributed by atoms with Gasteiger partial charge in [0.15, 0.2) is 0 Å². The number of carboxylic acids is 1. The van der Waals surface area contributed by atoms with E-state index in [0.717, 1.165) is 13.0 Å². The van der Waals surface area contributed by atoms with E-state index in [1.807, 2.05) is 6.92 Å². The standard InChI is InChI=1S/C13H16N2O4/c1-8(10-4-5-19-7-10)15-12(16)9-2-3-11(13(17)18)14-6-9/h2-3,6,8,10H,4-5,7H2,1H3,(H,15,16)(H,17,18). The zero-order valence-corrected chi connectivity index (χ0v) is 10.6. The number of carbonyl (C=O) groups excluding carboxylic acids is 1. The normalized spacial score (nSPS) is 19.9. The van der Waals surface area contributed by atoms with Crippen LogP contribution in [-0.4, -0.2) is 41.2 Å². The fourth-order valence-electron chi connectivity index (χ4n) is 2.01. The second kappa shape index (κ2) is 5.79. The van der Waals surface area contributed by atoms with Crippen molar-refractivity contribution < 1.29 is 19.4 Å². The van der Waals surface area contributed by atoms with E-state index in [-0.39, 0.29) is 17.6 Å². The molecule has 6 nitrogen and oxygen atoms in total. The molecule has 2 atom stereocenters. The summed E-state index contributed by atoms with van der Waals surface area (Å²) in [5, 5.41) is 11.6. The topological polar surface area (TPSA) is 88.5 Å². The minimum atomic E-state index is -1.11. The van der Waals surface area contributed by atoms with Crippen LogP contribution in [0.25, 0.3) is 0 Å². The Balaban J connectivity index is 1.97. The molecule has 1 fully saturated rings. The molecule has 0 aliphatic carbocycles. The van der Waals surface area contributed by atoms with E-state index in [2.05, 4.69) is 10.3 Å². The molecule has 2 rings (SSSR count). The van der Waals surface area contributed by atoms with Crippen molar-refractivity contribution in [3.63, 3.8) is 0 Å². The molecule has 0 spiro atoms. The predicted molar refractivity (Wildman–Crippen MR) is 67.1 cm³/mol. The number of amides is 1. The molecule has 0 radical (unpaired) electrons. The van der Waals surface area contributed by atoms with Gasteiger partial charge in [0.25, 0.3) is 5.91 Å². The lowest BCUT2D eigenvalue weighted by Gasteiger charge is -2.19. The van der Waals surface area contributed by atoms with Crippen LogP contribution in [0.1, 0.15) is 34.2 Å². The average Bonchev–Trinajstić information content (AvgIpc) is 2.92. The number of carboxylic acid groups (broad SMARTS) is 1. The van der Waals surface area contributed by atoms with E-state index >= 15 is 0 Å². The van der Waals surface area contributed by atoms with Gasteiger partial charge >= 0.3 is 5.97 Å². The summed E-state index contributed by atoms with van der Waals surface area (Å²) < 4.78 is 5.28. The Labute approximate surface area is 110 Å². The van der Waals surface area contributed by atoms with Crippen molar-refractivity contribution in [3.8, 4) is 0 Å². The van der Waals surface area contributed by atoms with Gasteiger partial charge in [0.05, 0.1) is 12.2 Å². The molecule has 0 aromatic carbocycles. The van der Waals surface area contributed by atoms with Crippen molar-refractivity contribution in [1.29, 1.82) is 0 Å².